The van der Waals surface area contributed by atoms with Crippen molar-refractivity contribution in [2.45, 2.75) is 40.0 Å². The van der Waals surface area contributed by atoms with Gasteiger partial charge in [0.05, 0.1) is 5.75 Å². The molecule has 7 heteroatoms. The lowest BCUT2D eigenvalue weighted by Gasteiger charge is -2.24. The fourth-order valence-corrected chi connectivity index (χ4v) is 6.56. The number of aromatic nitrogens is 2. The summed E-state index contributed by atoms with van der Waals surface area (Å²) < 4.78 is 26.8. The molecule has 0 spiro atoms. The van der Waals surface area contributed by atoms with Crippen LogP contribution in [-0.2, 0) is 22.9 Å². The average Bonchev–Trinajstić information content (AvgIpc) is 3.18. The summed E-state index contributed by atoms with van der Waals surface area (Å²) in [5.41, 5.74) is 2.55. The first-order chi connectivity index (χ1) is 11.8. The zero-order valence-electron chi connectivity index (χ0n) is 15.4. The summed E-state index contributed by atoms with van der Waals surface area (Å²) >= 11 is 0. The second kappa shape index (κ2) is 6.20. The van der Waals surface area contributed by atoms with E-state index in [1.54, 1.807) is 4.31 Å². The molecule has 2 atom stereocenters. The van der Waals surface area contributed by atoms with E-state index in [2.05, 4.69) is 9.88 Å². The van der Waals surface area contributed by atoms with Crippen LogP contribution < -0.4 is 4.90 Å². The summed E-state index contributed by atoms with van der Waals surface area (Å²) in [7, 11) is -3.11. The topological polar surface area (TPSA) is 66.4 Å². The molecule has 1 aliphatic carbocycles. The first-order valence-electron chi connectivity index (χ1n) is 9.42. The van der Waals surface area contributed by atoms with Gasteiger partial charge in [0.25, 0.3) is 0 Å². The van der Waals surface area contributed by atoms with Crippen LogP contribution in [0.1, 0.15) is 37.4 Å². The minimum absolute atomic E-state index is 0.175. The highest BCUT2D eigenvalue weighted by Gasteiger charge is 2.44. The first kappa shape index (κ1) is 17.2. The normalized spacial score (nSPS) is 26.5. The third-order valence-corrected chi connectivity index (χ3v) is 7.89. The fraction of sp³-hybridized carbons (Fsp3) is 0.778. The van der Waals surface area contributed by atoms with E-state index in [0.29, 0.717) is 24.9 Å². The highest BCUT2D eigenvalue weighted by Crippen LogP contribution is 2.37. The highest BCUT2D eigenvalue weighted by molar-refractivity contribution is 7.89. The summed E-state index contributed by atoms with van der Waals surface area (Å²) in [6, 6.07) is 0. The summed E-state index contributed by atoms with van der Waals surface area (Å²) in [6.07, 6.45) is 3.31. The van der Waals surface area contributed by atoms with E-state index in [1.165, 1.54) is 17.7 Å². The van der Waals surface area contributed by atoms with E-state index < -0.39 is 10.0 Å². The van der Waals surface area contributed by atoms with Gasteiger partial charge in [-0.05, 0) is 43.9 Å². The summed E-state index contributed by atoms with van der Waals surface area (Å²) in [6.45, 7) is 9.08. The molecule has 1 aromatic rings. The van der Waals surface area contributed by atoms with E-state index in [4.69, 9.17) is 4.98 Å². The number of rotatable bonds is 4. The highest BCUT2D eigenvalue weighted by atomic mass is 32.2. The molecule has 3 heterocycles. The molecule has 138 valence electrons. The molecular weight excluding hydrogens is 336 g/mol. The van der Waals surface area contributed by atoms with Crippen molar-refractivity contribution in [1.29, 1.82) is 0 Å². The van der Waals surface area contributed by atoms with Crippen molar-refractivity contribution in [3.63, 3.8) is 0 Å². The van der Waals surface area contributed by atoms with Gasteiger partial charge in [0, 0.05) is 37.4 Å². The average molecular weight is 365 g/mol. The van der Waals surface area contributed by atoms with Crippen molar-refractivity contribution in [3.8, 4) is 0 Å². The molecule has 6 nitrogen and oxygen atoms in total. The number of nitrogens with zero attached hydrogens (tertiary/aromatic N) is 4. The molecule has 0 N–H and O–H groups in total. The number of hydrogen-bond donors (Lipinski definition) is 0. The third-order valence-electron chi connectivity index (χ3n) is 5.71. The summed E-state index contributed by atoms with van der Waals surface area (Å²) in [5.74, 6) is 3.26. The third kappa shape index (κ3) is 3.16. The molecule has 0 aromatic carbocycles. The zero-order valence-corrected chi connectivity index (χ0v) is 16.2. The molecule has 0 bridgehead atoms. The van der Waals surface area contributed by atoms with E-state index in [1.807, 2.05) is 20.8 Å². The van der Waals surface area contributed by atoms with Crippen molar-refractivity contribution >= 4 is 15.8 Å². The maximum Gasteiger partial charge on any atom is 0.214 e. The molecule has 0 saturated carbocycles. The van der Waals surface area contributed by atoms with Crippen LogP contribution in [0, 0.1) is 24.7 Å². The lowest BCUT2D eigenvalue weighted by molar-refractivity contribution is 0.447. The van der Waals surface area contributed by atoms with Crippen molar-refractivity contribution < 1.29 is 8.42 Å². The Morgan fingerprint density at radius 2 is 1.76 bits per heavy atom. The Kier molecular flexibility index (Phi) is 4.27. The standard InChI is InChI=1S/C18H28N4O2S/c1-12(2)11-25(23,24)22-9-14-7-21(8-15(14)10-22)18-16-5-4-6-17(16)19-13(3)20-18/h12,14-15H,4-11H2,1-3H3. The molecule has 1 aromatic heterocycles. The van der Waals surface area contributed by atoms with Gasteiger partial charge in [0.1, 0.15) is 11.6 Å². The number of hydrogen-bond acceptors (Lipinski definition) is 5. The van der Waals surface area contributed by atoms with Gasteiger partial charge in [-0.25, -0.2) is 22.7 Å². The fourth-order valence-electron chi connectivity index (χ4n) is 4.67. The zero-order chi connectivity index (χ0) is 17.8. The van der Waals surface area contributed by atoms with E-state index in [9.17, 15) is 8.42 Å². The van der Waals surface area contributed by atoms with Gasteiger partial charge in [0.2, 0.25) is 10.0 Å². The number of sulfonamides is 1. The van der Waals surface area contributed by atoms with Crippen LogP contribution in [0.5, 0.6) is 0 Å². The Morgan fingerprint density at radius 1 is 1.08 bits per heavy atom. The summed E-state index contributed by atoms with van der Waals surface area (Å²) in [5, 5.41) is 0. The van der Waals surface area contributed by atoms with E-state index >= 15 is 0 Å². The quantitative estimate of drug-likeness (QED) is 0.812. The van der Waals surface area contributed by atoms with E-state index in [0.717, 1.165) is 37.6 Å². The predicted octanol–water partition coefficient (Wildman–Crippen LogP) is 1.63. The van der Waals surface area contributed by atoms with Crippen molar-refractivity contribution in [2.75, 3.05) is 36.8 Å². The van der Waals surface area contributed by atoms with Gasteiger partial charge < -0.3 is 4.90 Å². The van der Waals surface area contributed by atoms with Crippen LogP contribution in [-0.4, -0.2) is 54.6 Å². The van der Waals surface area contributed by atoms with Crippen LogP contribution in [0.3, 0.4) is 0 Å². The second-order valence-electron chi connectivity index (χ2n) is 8.29. The minimum atomic E-state index is -3.11. The van der Waals surface area contributed by atoms with Gasteiger partial charge in [-0.15, -0.1) is 0 Å². The van der Waals surface area contributed by atoms with Gasteiger partial charge >= 0.3 is 0 Å². The lowest BCUT2D eigenvalue weighted by atomic mass is 10.0. The molecule has 0 amide bonds. The Hall–Kier alpha value is -1.21. The van der Waals surface area contributed by atoms with Crippen molar-refractivity contribution in [1.82, 2.24) is 14.3 Å². The number of anilines is 1. The SMILES string of the molecule is Cc1nc2c(c(N3CC4CN(S(=O)(=O)CC(C)C)CC4C3)n1)CCC2. The Morgan fingerprint density at radius 3 is 2.40 bits per heavy atom. The van der Waals surface area contributed by atoms with Crippen molar-refractivity contribution in [3.05, 3.63) is 17.1 Å². The van der Waals surface area contributed by atoms with Crippen LogP contribution in [0.4, 0.5) is 5.82 Å². The molecule has 3 aliphatic rings. The van der Waals surface area contributed by atoms with Crippen LogP contribution in [0.25, 0.3) is 0 Å². The van der Waals surface area contributed by atoms with Gasteiger partial charge in [-0.1, -0.05) is 13.8 Å². The van der Waals surface area contributed by atoms with E-state index in [-0.39, 0.29) is 11.7 Å². The van der Waals surface area contributed by atoms with Crippen LogP contribution >= 0.6 is 0 Å². The molecule has 2 saturated heterocycles. The van der Waals surface area contributed by atoms with Crippen LogP contribution in [0.15, 0.2) is 0 Å². The largest absolute Gasteiger partial charge is 0.356 e. The Labute approximate surface area is 150 Å². The first-order valence-corrected chi connectivity index (χ1v) is 11.0. The van der Waals surface area contributed by atoms with Crippen LogP contribution in [0.2, 0.25) is 0 Å². The molecule has 4 rings (SSSR count). The maximum atomic E-state index is 12.5. The molecule has 0 radical (unpaired) electrons. The maximum absolute atomic E-state index is 12.5. The molecule has 2 unspecified atom stereocenters. The van der Waals surface area contributed by atoms with Gasteiger partial charge in [0.15, 0.2) is 0 Å². The van der Waals surface area contributed by atoms with Crippen molar-refractivity contribution in [2.24, 2.45) is 17.8 Å². The Balaban J connectivity index is 1.49. The van der Waals surface area contributed by atoms with Gasteiger partial charge in [-0.3, -0.25) is 0 Å². The molecule has 25 heavy (non-hydrogen) atoms. The number of fused-ring (bicyclic) bond motifs is 2. The van der Waals surface area contributed by atoms with Gasteiger partial charge in [-0.2, -0.15) is 0 Å². The smallest absolute Gasteiger partial charge is 0.214 e. The molecule has 2 aliphatic heterocycles. The lowest BCUT2D eigenvalue weighted by Crippen LogP contribution is -2.36. The molecule has 2 fully saturated rings. The second-order valence-corrected chi connectivity index (χ2v) is 10.3. The predicted molar refractivity (Wildman–Crippen MR) is 98.2 cm³/mol. The number of aryl methyl sites for hydroxylation is 2. The minimum Gasteiger partial charge on any atom is -0.356 e. The monoisotopic (exact) mass is 364 g/mol. The Bertz CT molecular complexity index is 764. The molecular formula is C18H28N4O2S. The summed E-state index contributed by atoms with van der Waals surface area (Å²) in [4.78, 5) is 11.7.